The van der Waals surface area contributed by atoms with Crippen LogP contribution in [-0.4, -0.2) is 57.4 Å². The lowest BCUT2D eigenvalue weighted by Crippen LogP contribution is -2.42. The summed E-state index contributed by atoms with van der Waals surface area (Å²) in [5, 5.41) is 9.73. The molecule has 0 radical (unpaired) electrons. The Labute approximate surface area is 192 Å². The number of anilines is 1. The normalized spacial score (nSPS) is 14.2. The number of sulfonamides is 1. The number of ether oxygens (including phenoxy) is 1. The van der Waals surface area contributed by atoms with Gasteiger partial charge in [0, 0.05) is 30.2 Å². The topological polar surface area (TPSA) is 117 Å². The maximum absolute atomic E-state index is 13.0. The Hall–Kier alpha value is -2.63. The summed E-state index contributed by atoms with van der Waals surface area (Å²) >= 11 is 1.61. The van der Waals surface area contributed by atoms with E-state index >= 15 is 0 Å². The van der Waals surface area contributed by atoms with Crippen molar-refractivity contribution in [2.75, 3.05) is 38.1 Å². The van der Waals surface area contributed by atoms with Crippen molar-refractivity contribution in [1.29, 1.82) is 0 Å². The highest BCUT2D eigenvalue weighted by Gasteiger charge is 2.30. The molecule has 1 saturated heterocycles. The molecule has 3 N–H and O–H groups in total. The summed E-state index contributed by atoms with van der Waals surface area (Å²) in [5.41, 5.74) is 0.444. The highest BCUT2D eigenvalue weighted by molar-refractivity contribution is 7.89. The van der Waals surface area contributed by atoms with Crippen molar-refractivity contribution in [2.24, 2.45) is 0 Å². The monoisotopic (exact) mass is 480 g/mol. The number of nitrogens with zero attached hydrogens (tertiary/aromatic N) is 1. The summed E-state index contributed by atoms with van der Waals surface area (Å²) in [4.78, 5) is 25.2. The second kappa shape index (κ2) is 11.3. The number of amides is 3. The molecule has 174 valence electrons. The third kappa shape index (κ3) is 6.44. The highest BCUT2D eigenvalue weighted by Crippen LogP contribution is 2.31. The number of thiophene rings is 1. The van der Waals surface area contributed by atoms with Gasteiger partial charge in [0.05, 0.1) is 13.2 Å². The Morgan fingerprint density at radius 1 is 1.19 bits per heavy atom. The van der Waals surface area contributed by atoms with Crippen LogP contribution in [0.2, 0.25) is 0 Å². The molecule has 0 unspecified atom stereocenters. The van der Waals surface area contributed by atoms with E-state index in [4.69, 9.17) is 4.74 Å². The van der Waals surface area contributed by atoms with E-state index in [9.17, 15) is 18.0 Å². The predicted molar refractivity (Wildman–Crippen MR) is 124 cm³/mol. The van der Waals surface area contributed by atoms with Crippen molar-refractivity contribution < 1.29 is 22.7 Å². The smallest absolute Gasteiger partial charge is 0.321 e. The molecule has 1 aromatic heterocycles. The molecule has 3 amide bonds. The number of hydrogen-bond donors (Lipinski definition) is 3. The van der Waals surface area contributed by atoms with Crippen molar-refractivity contribution in [3.8, 4) is 5.75 Å². The maximum atomic E-state index is 13.0. The quantitative estimate of drug-likeness (QED) is 0.481. The second-order valence-electron chi connectivity index (χ2n) is 7.19. The Bertz CT molecular complexity index is 1020. The van der Waals surface area contributed by atoms with Crippen molar-refractivity contribution in [3.63, 3.8) is 0 Å². The standard InChI is InChI=1S/C21H28N4O5S2/c1-2-30-18-8-7-16(14-19(18)32(28,29)25-11-3-4-12-25)23-15-20(26)24-21(27)22-10-9-17-6-5-13-31-17/h5-8,13-14,23H,2-4,9-12,15H2,1H3,(H2,22,24,26,27). The molecular weight excluding hydrogens is 452 g/mol. The summed E-state index contributed by atoms with van der Waals surface area (Å²) in [6.45, 7) is 3.32. The van der Waals surface area contributed by atoms with E-state index in [0.29, 0.717) is 38.3 Å². The molecule has 0 saturated carbocycles. The van der Waals surface area contributed by atoms with E-state index in [1.807, 2.05) is 17.5 Å². The van der Waals surface area contributed by atoms with Crippen LogP contribution in [0.3, 0.4) is 0 Å². The zero-order valence-corrected chi connectivity index (χ0v) is 19.6. The fourth-order valence-electron chi connectivity index (χ4n) is 3.31. The first-order chi connectivity index (χ1) is 15.4. The summed E-state index contributed by atoms with van der Waals surface area (Å²) < 4.78 is 33.0. The molecule has 11 heteroatoms. The number of benzene rings is 1. The number of carbonyl (C=O) groups is 2. The first-order valence-corrected chi connectivity index (χ1v) is 12.8. The zero-order valence-electron chi connectivity index (χ0n) is 17.9. The lowest BCUT2D eigenvalue weighted by atomic mass is 10.3. The van der Waals surface area contributed by atoms with Crippen LogP contribution in [0.15, 0.2) is 40.6 Å². The number of hydrogen-bond acceptors (Lipinski definition) is 7. The minimum atomic E-state index is -3.70. The largest absolute Gasteiger partial charge is 0.492 e. The van der Waals surface area contributed by atoms with Gasteiger partial charge in [0.1, 0.15) is 10.6 Å². The van der Waals surface area contributed by atoms with Crippen LogP contribution in [0.5, 0.6) is 5.75 Å². The van der Waals surface area contributed by atoms with Crippen LogP contribution in [0.1, 0.15) is 24.6 Å². The van der Waals surface area contributed by atoms with Gasteiger partial charge < -0.3 is 15.4 Å². The predicted octanol–water partition coefficient (Wildman–Crippen LogP) is 2.41. The number of rotatable bonds is 10. The van der Waals surface area contributed by atoms with E-state index in [-0.39, 0.29) is 17.2 Å². The Balaban J connectivity index is 1.56. The molecule has 0 atom stereocenters. The Morgan fingerprint density at radius 3 is 2.66 bits per heavy atom. The van der Waals surface area contributed by atoms with Gasteiger partial charge in [0.25, 0.3) is 0 Å². The molecule has 0 spiro atoms. The molecule has 0 aliphatic carbocycles. The number of urea groups is 1. The minimum absolute atomic E-state index is 0.0676. The molecule has 1 aromatic carbocycles. The molecule has 1 fully saturated rings. The number of nitrogens with one attached hydrogen (secondary N) is 3. The van der Waals surface area contributed by atoms with Gasteiger partial charge in [0.2, 0.25) is 15.9 Å². The van der Waals surface area contributed by atoms with Gasteiger partial charge in [-0.3, -0.25) is 10.1 Å². The summed E-state index contributed by atoms with van der Waals surface area (Å²) in [6.07, 6.45) is 2.35. The van der Waals surface area contributed by atoms with Gasteiger partial charge in [0.15, 0.2) is 0 Å². The van der Waals surface area contributed by atoms with Gasteiger partial charge in [-0.25, -0.2) is 13.2 Å². The van der Waals surface area contributed by atoms with Crippen molar-refractivity contribution in [1.82, 2.24) is 14.9 Å². The molecule has 2 heterocycles. The summed E-state index contributed by atoms with van der Waals surface area (Å²) in [6, 6.07) is 8.03. The molecule has 0 bridgehead atoms. The van der Waals surface area contributed by atoms with Crippen LogP contribution in [-0.2, 0) is 21.2 Å². The summed E-state index contributed by atoms with van der Waals surface area (Å²) in [5.74, 6) is -0.254. The fraction of sp³-hybridized carbons (Fsp3) is 0.429. The average Bonchev–Trinajstić information content (AvgIpc) is 3.48. The first-order valence-electron chi connectivity index (χ1n) is 10.5. The third-order valence-electron chi connectivity index (χ3n) is 4.87. The van der Waals surface area contributed by atoms with Crippen LogP contribution in [0, 0.1) is 0 Å². The van der Waals surface area contributed by atoms with Crippen LogP contribution < -0.4 is 20.7 Å². The molecule has 3 rings (SSSR count). The van der Waals surface area contributed by atoms with Crippen molar-refractivity contribution in [2.45, 2.75) is 31.1 Å². The maximum Gasteiger partial charge on any atom is 0.321 e. The van der Waals surface area contributed by atoms with E-state index < -0.39 is 22.0 Å². The van der Waals surface area contributed by atoms with Crippen LogP contribution in [0.4, 0.5) is 10.5 Å². The van der Waals surface area contributed by atoms with E-state index in [0.717, 1.165) is 17.7 Å². The second-order valence-corrected chi connectivity index (χ2v) is 10.1. The van der Waals surface area contributed by atoms with Gasteiger partial charge >= 0.3 is 6.03 Å². The Kier molecular flexibility index (Phi) is 8.48. The summed E-state index contributed by atoms with van der Waals surface area (Å²) in [7, 11) is -3.70. The Morgan fingerprint density at radius 2 is 1.97 bits per heavy atom. The van der Waals surface area contributed by atoms with E-state index in [1.54, 1.807) is 30.4 Å². The van der Waals surface area contributed by atoms with E-state index in [1.165, 1.54) is 10.4 Å². The van der Waals surface area contributed by atoms with Crippen LogP contribution in [0.25, 0.3) is 0 Å². The molecule has 1 aliphatic rings. The molecule has 32 heavy (non-hydrogen) atoms. The molecule has 2 aromatic rings. The minimum Gasteiger partial charge on any atom is -0.492 e. The molecule has 1 aliphatic heterocycles. The van der Waals surface area contributed by atoms with Gasteiger partial charge in [-0.1, -0.05) is 6.07 Å². The average molecular weight is 481 g/mol. The van der Waals surface area contributed by atoms with Gasteiger partial charge in [-0.05, 0) is 55.8 Å². The number of carbonyl (C=O) groups excluding carboxylic acids is 2. The van der Waals surface area contributed by atoms with Crippen molar-refractivity contribution in [3.05, 3.63) is 40.6 Å². The highest BCUT2D eigenvalue weighted by atomic mass is 32.2. The lowest BCUT2D eigenvalue weighted by molar-refractivity contribution is -0.118. The van der Waals surface area contributed by atoms with Crippen molar-refractivity contribution >= 4 is 39.0 Å². The van der Waals surface area contributed by atoms with Gasteiger partial charge in [-0.15, -0.1) is 11.3 Å². The third-order valence-corrected chi connectivity index (χ3v) is 7.73. The first kappa shape index (κ1) is 24.0. The molecular formula is C21H28N4O5S2. The SMILES string of the molecule is CCOc1ccc(NCC(=O)NC(=O)NCCc2cccs2)cc1S(=O)(=O)N1CCCC1. The zero-order chi connectivity index (χ0) is 23.0. The van der Waals surface area contributed by atoms with E-state index in [2.05, 4.69) is 16.0 Å². The molecule has 9 nitrogen and oxygen atoms in total. The van der Waals surface area contributed by atoms with Crippen LogP contribution >= 0.6 is 11.3 Å². The van der Waals surface area contributed by atoms with Gasteiger partial charge in [-0.2, -0.15) is 4.31 Å². The number of imide groups is 1. The lowest BCUT2D eigenvalue weighted by Gasteiger charge is -2.19. The fourth-order valence-corrected chi connectivity index (χ4v) is 5.70.